The van der Waals surface area contributed by atoms with Crippen molar-refractivity contribution in [1.82, 2.24) is 30.8 Å². The van der Waals surface area contributed by atoms with Crippen LogP contribution in [0.5, 0.6) is 0 Å². The van der Waals surface area contributed by atoms with Crippen molar-refractivity contribution in [1.29, 1.82) is 5.41 Å². The second kappa shape index (κ2) is 10.9. The number of aromatic nitrogens is 4. The van der Waals surface area contributed by atoms with E-state index in [2.05, 4.69) is 25.9 Å². The lowest BCUT2D eigenvalue weighted by Gasteiger charge is -2.26. The Balaban J connectivity index is 1.42. The Morgan fingerprint density at radius 1 is 1.14 bits per heavy atom. The van der Waals surface area contributed by atoms with E-state index in [4.69, 9.17) is 16.9 Å². The van der Waals surface area contributed by atoms with E-state index in [1.807, 2.05) is 30.3 Å². The van der Waals surface area contributed by atoms with Crippen molar-refractivity contribution in [2.75, 3.05) is 6.54 Å². The van der Waals surface area contributed by atoms with E-state index in [0.717, 1.165) is 11.1 Å². The molecule has 35 heavy (non-hydrogen) atoms. The molecule has 2 heterocycles. The molecule has 4 rings (SSSR count). The number of nitrogens with two attached hydrogens (primary N) is 2. The van der Waals surface area contributed by atoms with Gasteiger partial charge >= 0.3 is 0 Å². The number of nitrogens with one attached hydrogen (secondary N) is 3. The van der Waals surface area contributed by atoms with Crippen LogP contribution in [0.15, 0.2) is 54.6 Å². The fraction of sp³-hybridized carbons (Fsp3) is 0.333. The summed E-state index contributed by atoms with van der Waals surface area (Å²) in [6.45, 7) is 0.575. The van der Waals surface area contributed by atoms with Gasteiger partial charge in [-0.1, -0.05) is 59.8 Å². The van der Waals surface area contributed by atoms with Crippen molar-refractivity contribution >= 4 is 17.6 Å². The predicted molar refractivity (Wildman–Crippen MR) is 129 cm³/mol. The summed E-state index contributed by atoms with van der Waals surface area (Å²) in [7, 11) is 0. The van der Waals surface area contributed by atoms with Gasteiger partial charge in [0.1, 0.15) is 11.9 Å². The summed E-state index contributed by atoms with van der Waals surface area (Å²) in [5, 5.41) is 24.5. The highest BCUT2D eigenvalue weighted by molar-refractivity contribution is 5.95. The summed E-state index contributed by atoms with van der Waals surface area (Å²) in [6.07, 6.45) is 1.53. The molecule has 0 saturated carbocycles. The van der Waals surface area contributed by atoms with Crippen LogP contribution in [0.25, 0.3) is 0 Å². The summed E-state index contributed by atoms with van der Waals surface area (Å²) < 4.78 is 0. The molecule has 182 valence electrons. The number of likely N-dealkylation sites (tertiary alicyclic amines) is 1. The molecule has 1 saturated heterocycles. The quantitative estimate of drug-likeness (QED) is 0.220. The highest BCUT2D eigenvalue weighted by Gasteiger charge is 2.42. The minimum atomic E-state index is -0.728. The average Bonchev–Trinajstić information content (AvgIpc) is 3.57. The number of nitrogen functional groups attached to an aromatic ring is 1. The maximum atomic E-state index is 13.3. The van der Waals surface area contributed by atoms with Gasteiger partial charge in [-0.15, -0.1) is 10.2 Å². The van der Waals surface area contributed by atoms with E-state index >= 15 is 0 Å². The van der Waals surface area contributed by atoms with Gasteiger partial charge in [0.15, 0.2) is 5.82 Å². The molecule has 0 spiro atoms. The number of amidine groups is 1. The number of H-pyrrole nitrogens is 1. The third-order valence-electron chi connectivity index (χ3n) is 6.25. The Kier molecular flexibility index (Phi) is 7.46. The van der Waals surface area contributed by atoms with Crippen LogP contribution in [0.3, 0.4) is 0 Å². The molecule has 1 aliphatic rings. The lowest BCUT2D eigenvalue weighted by atomic mass is 10.0. The van der Waals surface area contributed by atoms with Crippen molar-refractivity contribution in [3.05, 3.63) is 77.1 Å². The molecule has 7 N–H and O–H groups in total. The summed E-state index contributed by atoms with van der Waals surface area (Å²) in [5.74, 6) is -0.301. The zero-order valence-electron chi connectivity index (χ0n) is 19.2. The molecule has 1 fully saturated rings. The Bertz CT molecular complexity index is 1150. The van der Waals surface area contributed by atoms with Gasteiger partial charge in [0.25, 0.3) is 0 Å². The standard InChI is InChI=1S/C24H29N9O2/c25-19(11-8-15-4-2-1-3-5-15)24(35)33-14-18(22-29-31-32-30-22)12-20(33)23(34)28-13-16-6-9-17(10-7-16)21(26)27/h1-7,9-10,18-20H,8,11-14,25H2,(H3,26,27)(H,28,34)(H,29,30,31,32)/t18-,19+,20-/m0/s1. The second-order valence-corrected chi connectivity index (χ2v) is 8.67. The van der Waals surface area contributed by atoms with E-state index in [1.165, 1.54) is 0 Å². The minimum absolute atomic E-state index is 0.0168. The zero-order valence-corrected chi connectivity index (χ0v) is 19.2. The van der Waals surface area contributed by atoms with Crippen LogP contribution in [0.1, 0.15) is 41.3 Å². The number of amides is 2. The van der Waals surface area contributed by atoms with E-state index in [-0.39, 0.29) is 30.1 Å². The summed E-state index contributed by atoms with van der Waals surface area (Å²) in [6, 6.07) is 15.5. The molecule has 2 amide bonds. The number of aromatic amines is 1. The molecule has 3 aromatic rings. The Morgan fingerprint density at radius 3 is 2.54 bits per heavy atom. The summed E-state index contributed by atoms with van der Waals surface area (Å²) >= 11 is 0. The number of hydrogen-bond donors (Lipinski definition) is 5. The van der Waals surface area contributed by atoms with Gasteiger partial charge in [0.2, 0.25) is 11.8 Å². The van der Waals surface area contributed by atoms with Crippen molar-refractivity contribution in [3.63, 3.8) is 0 Å². The lowest BCUT2D eigenvalue weighted by Crippen LogP contribution is -2.51. The lowest BCUT2D eigenvalue weighted by molar-refractivity contribution is -0.139. The van der Waals surface area contributed by atoms with Gasteiger partial charge in [0, 0.05) is 24.6 Å². The molecule has 11 heteroatoms. The van der Waals surface area contributed by atoms with Crippen molar-refractivity contribution < 1.29 is 9.59 Å². The monoisotopic (exact) mass is 475 g/mol. The molecule has 0 bridgehead atoms. The second-order valence-electron chi connectivity index (χ2n) is 8.67. The largest absolute Gasteiger partial charge is 0.384 e. The van der Waals surface area contributed by atoms with Gasteiger partial charge < -0.3 is 21.7 Å². The first-order chi connectivity index (χ1) is 16.9. The highest BCUT2D eigenvalue weighted by Crippen LogP contribution is 2.30. The number of rotatable bonds is 9. The van der Waals surface area contributed by atoms with Crippen LogP contribution in [0.2, 0.25) is 0 Å². The van der Waals surface area contributed by atoms with E-state index in [0.29, 0.717) is 37.2 Å². The number of hydrogen-bond acceptors (Lipinski definition) is 7. The first kappa shape index (κ1) is 24.0. The van der Waals surface area contributed by atoms with Crippen LogP contribution in [0.4, 0.5) is 0 Å². The summed E-state index contributed by atoms with van der Waals surface area (Å²) in [5.41, 5.74) is 14.3. The maximum absolute atomic E-state index is 13.3. The Hall–Kier alpha value is -4.12. The number of tetrazole rings is 1. The fourth-order valence-corrected chi connectivity index (χ4v) is 4.27. The highest BCUT2D eigenvalue weighted by atomic mass is 16.2. The van der Waals surface area contributed by atoms with E-state index in [9.17, 15) is 9.59 Å². The molecule has 2 aromatic carbocycles. The molecular weight excluding hydrogens is 446 g/mol. The topological polar surface area (TPSA) is 180 Å². The molecular formula is C24H29N9O2. The van der Waals surface area contributed by atoms with Gasteiger partial charge in [0.05, 0.1) is 6.04 Å². The number of nitrogens with zero attached hydrogens (tertiary/aromatic N) is 4. The predicted octanol–water partition coefficient (Wildman–Crippen LogP) is 0.445. The van der Waals surface area contributed by atoms with Crippen LogP contribution in [0, 0.1) is 5.41 Å². The SMILES string of the molecule is N=C(N)c1ccc(CNC(=O)[C@@H]2C[C@H](c3nn[nH]n3)CN2C(=O)[C@H](N)CCc2ccccc2)cc1. The number of benzene rings is 2. The van der Waals surface area contributed by atoms with Crippen LogP contribution in [-0.4, -0.2) is 61.8 Å². The molecule has 1 aliphatic heterocycles. The van der Waals surface area contributed by atoms with Crippen LogP contribution in [-0.2, 0) is 22.6 Å². The maximum Gasteiger partial charge on any atom is 0.243 e. The zero-order chi connectivity index (χ0) is 24.8. The van der Waals surface area contributed by atoms with Gasteiger partial charge in [-0.05, 0) is 30.4 Å². The van der Waals surface area contributed by atoms with Crippen molar-refractivity contribution in [2.24, 2.45) is 11.5 Å². The fourth-order valence-electron chi connectivity index (χ4n) is 4.27. The van der Waals surface area contributed by atoms with Gasteiger partial charge in [-0.2, -0.15) is 5.21 Å². The third-order valence-corrected chi connectivity index (χ3v) is 6.25. The molecule has 11 nitrogen and oxygen atoms in total. The Labute approximate surface area is 202 Å². The first-order valence-electron chi connectivity index (χ1n) is 11.5. The first-order valence-corrected chi connectivity index (χ1v) is 11.5. The van der Waals surface area contributed by atoms with Crippen LogP contribution >= 0.6 is 0 Å². The number of carbonyl (C=O) groups excluding carboxylic acids is 2. The van der Waals surface area contributed by atoms with E-state index < -0.39 is 12.1 Å². The Morgan fingerprint density at radius 2 is 1.89 bits per heavy atom. The number of carbonyl (C=O) groups is 2. The molecule has 0 radical (unpaired) electrons. The van der Waals surface area contributed by atoms with Gasteiger partial charge in [-0.3, -0.25) is 15.0 Å². The van der Waals surface area contributed by atoms with Crippen molar-refractivity contribution in [2.45, 2.75) is 43.8 Å². The smallest absolute Gasteiger partial charge is 0.243 e. The molecule has 3 atom stereocenters. The van der Waals surface area contributed by atoms with E-state index in [1.54, 1.807) is 29.2 Å². The van der Waals surface area contributed by atoms with Crippen LogP contribution < -0.4 is 16.8 Å². The van der Waals surface area contributed by atoms with Gasteiger partial charge in [-0.25, -0.2) is 0 Å². The molecule has 0 aliphatic carbocycles. The molecule has 1 aromatic heterocycles. The third kappa shape index (κ3) is 5.87. The molecule has 0 unspecified atom stereocenters. The van der Waals surface area contributed by atoms with Crippen molar-refractivity contribution in [3.8, 4) is 0 Å². The summed E-state index contributed by atoms with van der Waals surface area (Å²) in [4.78, 5) is 28.0. The number of aryl methyl sites for hydroxylation is 1. The average molecular weight is 476 g/mol. The normalized spacial score (nSPS) is 18.3. The minimum Gasteiger partial charge on any atom is -0.384 e.